The molecular formula is C11H12Br2O. The van der Waals surface area contributed by atoms with Gasteiger partial charge in [0.25, 0.3) is 0 Å². The van der Waals surface area contributed by atoms with Crippen LogP contribution in [-0.4, -0.2) is 12.4 Å². The third-order valence-electron chi connectivity index (χ3n) is 1.80. The molecule has 0 unspecified atom stereocenters. The van der Waals surface area contributed by atoms with E-state index in [1.54, 1.807) is 7.11 Å². The van der Waals surface area contributed by atoms with Crippen LogP contribution < -0.4 is 4.74 Å². The molecule has 14 heavy (non-hydrogen) atoms. The molecule has 0 aliphatic heterocycles. The largest absolute Gasteiger partial charge is 0.496 e. The fourth-order valence-corrected chi connectivity index (χ4v) is 1.66. The summed E-state index contributed by atoms with van der Waals surface area (Å²) >= 11 is 6.86. The highest BCUT2D eigenvalue weighted by Crippen LogP contribution is 2.25. The van der Waals surface area contributed by atoms with Crippen molar-refractivity contribution < 1.29 is 4.74 Å². The summed E-state index contributed by atoms with van der Waals surface area (Å²) in [7, 11) is 1.68. The van der Waals surface area contributed by atoms with E-state index >= 15 is 0 Å². The van der Waals surface area contributed by atoms with Crippen molar-refractivity contribution in [3.05, 3.63) is 33.8 Å². The number of methoxy groups -OCH3 is 1. The number of ether oxygens (including phenoxy) is 1. The molecule has 0 saturated carbocycles. The molecule has 0 saturated heterocycles. The van der Waals surface area contributed by atoms with E-state index in [9.17, 15) is 0 Å². The van der Waals surface area contributed by atoms with Crippen LogP contribution in [0.25, 0.3) is 6.08 Å². The average molecular weight is 320 g/mol. The summed E-state index contributed by atoms with van der Waals surface area (Å²) in [6.45, 7) is 2.08. The highest BCUT2D eigenvalue weighted by molar-refractivity contribution is 9.10. The maximum Gasteiger partial charge on any atom is 0.126 e. The van der Waals surface area contributed by atoms with Crippen LogP contribution in [0.2, 0.25) is 0 Å². The van der Waals surface area contributed by atoms with E-state index in [4.69, 9.17) is 4.74 Å². The van der Waals surface area contributed by atoms with Gasteiger partial charge in [-0.15, -0.1) is 0 Å². The van der Waals surface area contributed by atoms with E-state index < -0.39 is 0 Å². The van der Waals surface area contributed by atoms with Gasteiger partial charge in [-0.05, 0) is 25.1 Å². The third-order valence-corrected chi connectivity index (χ3v) is 3.18. The molecule has 0 aromatic heterocycles. The van der Waals surface area contributed by atoms with Crippen LogP contribution in [-0.2, 0) is 0 Å². The number of allylic oxidation sites excluding steroid dienone is 1. The van der Waals surface area contributed by atoms with Crippen LogP contribution in [0.3, 0.4) is 0 Å². The van der Waals surface area contributed by atoms with Crippen molar-refractivity contribution in [2.75, 3.05) is 12.4 Å². The summed E-state index contributed by atoms with van der Waals surface area (Å²) < 4.78 is 6.33. The molecule has 76 valence electrons. The van der Waals surface area contributed by atoms with Crippen molar-refractivity contribution in [3.8, 4) is 5.75 Å². The molecule has 0 radical (unpaired) electrons. The first-order chi connectivity index (χ1) is 6.67. The van der Waals surface area contributed by atoms with Crippen LogP contribution in [0.5, 0.6) is 5.75 Å². The van der Waals surface area contributed by atoms with E-state index in [1.807, 2.05) is 18.2 Å². The molecule has 1 nitrogen and oxygen atoms in total. The quantitative estimate of drug-likeness (QED) is 0.757. The minimum absolute atomic E-state index is 0.878. The Morgan fingerprint density at radius 1 is 1.50 bits per heavy atom. The lowest BCUT2D eigenvalue weighted by atomic mass is 10.1. The number of hydrogen-bond donors (Lipinski definition) is 0. The Kier molecular flexibility index (Phi) is 4.69. The highest BCUT2D eigenvalue weighted by atomic mass is 79.9. The van der Waals surface area contributed by atoms with Gasteiger partial charge in [-0.25, -0.2) is 0 Å². The summed E-state index contributed by atoms with van der Waals surface area (Å²) in [5, 5.41) is 0.878. The first-order valence-corrected chi connectivity index (χ1v) is 6.15. The van der Waals surface area contributed by atoms with Gasteiger partial charge in [-0.1, -0.05) is 43.5 Å². The number of alkyl halides is 1. The maximum atomic E-state index is 5.26. The fraction of sp³-hybridized carbons (Fsp3) is 0.273. The Morgan fingerprint density at radius 3 is 2.79 bits per heavy atom. The molecular weight excluding hydrogens is 308 g/mol. The lowest BCUT2D eigenvalue weighted by molar-refractivity contribution is 0.413. The van der Waals surface area contributed by atoms with Crippen LogP contribution in [0.4, 0.5) is 0 Å². The Labute approximate surface area is 101 Å². The smallest absolute Gasteiger partial charge is 0.126 e. The number of benzene rings is 1. The molecule has 0 aliphatic carbocycles. The van der Waals surface area contributed by atoms with Crippen molar-refractivity contribution in [3.63, 3.8) is 0 Å². The van der Waals surface area contributed by atoms with Gasteiger partial charge in [0.05, 0.1) is 7.11 Å². The van der Waals surface area contributed by atoms with Gasteiger partial charge in [0, 0.05) is 15.4 Å². The minimum atomic E-state index is 0.878. The lowest BCUT2D eigenvalue weighted by Gasteiger charge is -2.05. The molecule has 3 heteroatoms. The number of hydrogen-bond acceptors (Lipinski definition) is 1. The van der Waals surface area contributed by atoms with Gasteiger partial charge >= 0.3 is 0 Å². The van der Waals surface area contributed by atoms with Crippen LogP contribution in [0.15, 0.2) is 28.2 Å². The maximum absolute atomic E-state index is 5.26. The summed E-state index contributed by atoms with van der Waals surface area (Å²) in [4.78, 5) is 0. The van der Waals surface area contributed by atoms with Gasteiger partial charge < -0.3 is 4.74 Å². The van der Waals surface area contributed by atoms with Crippen LogP contribution in [0.1, 0.15) is 12.5 Å². The molecule has 0 heterocycles. The second-order valence-corrected chi connectivity index (χ2v) is 4.49. The molecule has 0 aliphatic rings. The zero-order chi connectivity index (χ0) is 10.6. The topological polar surface area (TPSA) is 9.23 Å². The van der Waals surface area contributed by atoms with Crippen molar-refractivity contribution in [2.45, 2.75) is 6.92 Å². The summed E-state index contributed by atoms with van der Waals surface area (Å²) in [5.74, 6) is 0.897. The van der Waals surface area contributed by atoms with Gasteiger partial charge in [0.1, 0.15) is 5.75 Å². The molecule has 0 N–H and O–H groups in total. The molecule has 0 fully saturated rings. The predicted molar refractivity (Wildman–Crippen MR) is 68.1 cm³/mol. The van der Waals surface area contributed by atoms with Crippen molar-refractivity contribution in [1.29, 1.82) is 0 Å². The van der Waals surface area contributed by atoms with E-state index in [1.165, 1.54) is 5.57 Å². The summed E-state index contributed by atoms with van der Waals surface area (Å²) in [6, 6.07) is 5.97. The lowest BCUT2D eigenvalue weighted by Crippen LogP contribution is -1.87. The molecule has 0 bridgehead atoms. The van der Waals surface area contributed by atoms with E-state index in [0.717, 1.165) is 21.1 Å². The predicted octanol–water partition coefficient (Wildman–Crippen LogP) is 4.26. The molecule has 0 atom stereocenters. The molecule has 1 aromatic rings. The Hall–Kier alpha value is -0.280. The van der Waals surface area contributed by atoms with Crippen molar-refractivity contribution in [2.24, 2.45) is 0 Å². The fourth-order valence-electron chi connectivity index (χ4n) is 1.12. The minimum Gasteiger partial charge on any atom is -0.496 e. The number of rotatable bonds is 3. The van der Waals surface area contributed by atoms with Crippen LogP contribution in [0, 0.1) is 0 Å². The number of halogens is 2. The standard InChI is InChI=1S/C11H12Br2O/c1-8(7-12)5-9-6-10(13)3-4-11(9)14-2/h3-6H,7H2,1-2H3/b8-5-. The van der Waals surface area contributed by atoms with Crippen LogP contribution >= 0.6 is 31.9 Å². The zero-order valence-electron chi connectivity index (χ0n) is 8.18. The molecule has 1 rings (SSSR count). The first-order valence-electron chi connectivity index (χ1n) is 4.24. The molecule has 1 aromatic carbocycles. The second-order valence-electron chi connectivity index (χ2n) is 3.01. The van der Waals surface area contributed by atoms with E-state index in [-0.39, 0.29) is 0 Å². The van der Waals surface area contributed by atoms with Gasteiger partial charge in [0.2, 0.25) is 0 Å². The van der Waals surface area contributed by atoms with Gasteiger partial charge in [0.15, 0.2) is 0 Å². The Morgan fingerprint density at radius 2 is 2.21 bits per heavy atom. The van der Waals surface area contributed by atoms with Gasteiger partial charge in [-0.2, -0.15) is 0 Å². The van der Waals surface area contributed by atoms with E-state index in [0.29, 0.717) is 0 Å². The Bertz CT molecular complexity index is 345. The Balaban J connectivity index is 3.11. The van der Waals surface area contributed by atoms with Crippen molar-refractivity contribution in [1.82, 2.24) is 0 Å². The summed E-state index contributed by atoms with van der Waals surface area (Å²) in [5.41, 5.74) is 2.36. The van der Waals surface area contributed by atoms with Gasteiger partial charge in [-0.3, -0.25) is 0 Å². The summed E-state index contributed by atoms with van der Waals surface area (Å²) in [6.07, 6.45) is 2.11. The average Bonchev–Trinajstić information content (AvgIpc) is 2.18. The van der Waals surface area contributed by atoms with E-state index in [2.05, 4.69) is 44.9 Å². The second kappa shape index (κ2) is 5.56. The highest BCUT2D eigenvalue weighted by Gasteiger charge is 2.00. The third kappa shape index (κ3) is 3.14. The monoisotopic (exact) mass is 318 g/mol. The normalized spacial score (nSPS) is 11.6. The molecule has 0 spiro atoms. The van der Waals surface area contributed by atoms with Crippen molar-refractivity contribution >= 4 is 37.9 Å². The zero-order valence-corrected chi connectivity index (χ0v) is 11.4. The SMILES string of the molecule is COc1ccc(Br)cc1/C=C(/C)CBr. The molecule has 0 amide bonds. The first kappa shape index (κ1) is 11.8.